The van der Waals surface area contributed by atoms with Crippen LogP contribution in [0.25, 0.3) is 0 Å². The molecule has 19 heavy (non-hydrogen) atoms. The van der Waals surface area contributed by atoms with Gasteiger partial charge in [0.15, 0.2) is 0 Å². The van der Waals surface area contributed by atoms with Crippen molar-refractivity contribution in [2.45, 2.75) is 26.8 Å². The molecule has 1 N–H and O–H groups in total. The van der Waals surface area contributed by atoms with Gasteiger partial charge in [-0.1, -0.05) is 0 Å². The monoisotopic (exact) mass is 325 g/mol. The Morgan fingerprint density at radius 2 is 2.05 bits per heavy atom. The van der Waals surface area contributed by atoms with Crippen molar-refractivity contribution in [2.75, 3.05) is 5.32 Å². The summed E-state index contributed by atoms with van der Waals surface area (Å²) >= 11 is 3.42. The highest BCUT2D eigenvalue weighted by Gasteiger charge is 2.17. The average molecular weight is 326 g/mol. The molecule has 0 aliphatic carbocycles. The van der Waals surface area contributed by atoms with Crippen molar-refractivity contribution in [1.29, 1.82) is 0 Å². The summed E-state index contributed by atoms with van der Waals surface area (Å²) in [5.74, 6) is -0.252. The first kappa shape index (κ1) is 14.1. The van der Waals surface area contributed by atoms with E-state index in [9.17, 15) is 4.39 Å². The molecule has 102 valence electrons. The highest BCUT2D eigenvalue weighted by Crippen LogP contribution is 2.29. The second-order valence-corrected chi connectivity index (χ2v) is 5.55. The zero-order chi connectivity index (χ0) is 14.2. The Morgan fingerprint density at radius 3 is 2.63 bits per heavy atom. The van der Waals surface area contributed by atoms with Crippen LogP contribution >= 0.6 is 15.9 Å². The average Bonchev–Trinajstić information content (AvgIpc) is 2.58. The highest BCUT2D eigenvalue weighted by atomic mass is 79.9. The Labute approximate surface area is 121 Å². The predicted molar refractivity (Wildman–Crippen MR) is 78.8 cm³/mol. The SMILES string of the molecule is Cc1nn(C)c(C)c1C(C)Nc1cc(F)ccc1Br. The van der Waals surface area contributed by atoms with E-state index in [1.54, 1.807) is 6.07 Å². The number of nitrogens with zero attached hydrogens (tertiary/aromatic N) is 2. The van der Waals surface area contributed by atoms with Crippen LogP contribution in [0.15, 0.2) is 22.7 Å². The topological polar surface area (TPSA) is 29.9 Å². The summed E-state index contributed by atoms with van der Waals surface area (Å²) in [6, 6.07) is 4.68. The molecular formula is C14H17BrFN3. The Bertz CT molecular complexity index is 607. The van der Waals surface area contributed by atoms with E-state index in [1.807, 2.05) is 32.5 Å². The van der Waals surface area contributed by atoms with Gasteiger partial charge in [-0.3, -0.25) is 4.68 Å². The lowest BCUT2D eigenvalue weighted by atomic mass is 10.1. The van der Waals surface area contributed by atoms with Crippen molar-refractivity contribution >= 4 is 21.6 Å². The van der Waals surface area contributed by atoms with Crippen LogP contribution in [0.1, 0.15) is 29.9 Å². The summed E-state index contributed by atoms with van der Waals surface area (Å²) in [5.41, 5.74) is 4.01. The van der Waals surface area contributed by atoms with Gasteiger partial charge in [0.1, 0.15) is 5.82 Å². The quantitative estimate of drug-likeness (QED) is 0.920. The number of aromatic nitrogens is 2. The van der Waals surface area contributed by atoms with Crippen LogP contribution in [-0.2, 0) is 7.05 Å². The number of aryl methyl sites for hydroxylation is 2. The maximum absolute atomic E-state index is 13.3. The van der Waals surface area contributed by atoms with Gasteiger partial charge in [-0.25, -0.2) is 4.39 Å². The lowest BCUT2D eigenvalue weighted by Gasteiger charge is -2.17. The summed E-state index contributed by atoms with van der Waals surface area (Å²) in [7, 11) is 1.93. The first-order chi connectivity index (χ1) is 8.90. The van der Waals surface area contributed by atoms with E-state index in [4.69, 9.17) is 0 Å². The van der Waals surface area contributed by atoms with Gasteiger partial charge in [0, 0.05) is 22.8 Å². The van der Waals surface area contributed by atoms with E-state index < -0.39 is 0 Å². The Balaban J connectivity index is 2.30. The van der Waals surface area contributed by atoms with Gasteiger partial charge in [0.05, 0.1) is 17.4 Å². The number of halogens is 2. The number of hydrogen-bond acceptors (Lipinski definition) is 2. The summed E-state index contributed by atoms with van der Waals surface area (Å²) < 4.78 is 16.0. The fourth-order valence-corrected chi connectivity index (χ4v) is 2.69. The minimum atomic E-state index is -0.252. The lowest BCUT2D eigenvalue weighted by Crippen LogP contribution is -2.09. The minimum absolute atomic E-state index is 0.0619. The summed E-state index contributed by atoms with van der Waals surface area (Å²) in [6.07, 6.45) is 0. The number of anilines is 1. The largest absolute Gasteiger partial charge is 0.377 e. The molecule has 0 aliphatic heterocycles. The number of hydrogen-bond donors (Lipinski definition) is 1. The molecule has 0 amide bonds. The van der Waals surface area contributed by atoms with Crippen molar-refractivity contribution in [3.8, 4) is 0 Å². The molecule has 2 rings (SSSR count). The molecular weight excluding hydrogens is 309 g/mol. The third-order valence-electron chi connectivity index (χ3n) is 3.30. The Hall–Kier alpha value is -1.36. The molecule has 0 saturated heterocycles. The zero-order valence-electron chi connectivity index (χ0n) is 11.5. The van der Waals surface area contributed by atoms with Crippen molar-refractivity contribution < 1.29 is 4.39 Å². The molecule has 1 atom stereocenters. The van der Waals surface area contributed by atoms with Gasteiger partial charge in [-0.2, -0.15) is 5.10 Å². The number of nitrogens with one attached hydrogen (secondary N) is 1. The van der Waals surface area contributed by atoms with Gasteiger partial charge in [-0.15, -0.1) is 0 Å². The Kier molecular flexibility index (Phi) is 3.94. The minimum Gasteiger partial charge on any atom is -0.377 e. The van der Waals surface area contributed by atoms with Gasteiger partial charge >= 0.3 is 0 Å². The van der Waals surface area contributed by atoms with E-state index in [-0.39, 0.29) is 11.9 Å². The van der Waals surface area contributed by atoms with Crippen LogP contribution in [0.5, 0.6) is 0 Å². The molecule has 0 radical (unpaired) electrons. The van der Waals surface area contributed by atoms with Crippen LogP contribution in [0.3, 0.4) is 0 Å². The van der Waals surface area contributed by atoms with Crippen LogP contribution in [0.4, 0.5) is 10.1 Å². The summed E-state index contributed by atoms with van der Waals surface area (Å²) in [4.78, 5) is 0. The predicted octanol–water partition coefficient (Wildman–Crippen LogP) is 4.11. The molecule has 1 aromatic heterocycles. The fraction of sp³-hybridized carbons (Fsp3) is 0.357. The molecule has 1 unspecified atom stereocenters. The normalized spacial score (nSPS) is 12.5. The third-order valence-corrected chi connectivity index (χ3v) is 3.99. The molecule has 0 bridgehead atoms. The van der Waals surface area contributed by atoms with E-state index in [0.717, 1.165) is 27.1 Å². The van der Waals surface area contributed by atoms with Gasteiger partial charge < -0.3 is 5.32 Å². The first-order valence-electron chi connectivity index (χ1n) is 6.12. The molecule has 1 heterocycles. The van der Waals surface area contributed by atoms with Crippen molar-refractivity contribution in [1.82, 2.24) is 9.78 Å². The second-order valence-electron chi connectivity index (χ2n) is 4.70. The summed E-state index contributed by atoms with van der Waals surface area (Å²) in [6.45, 7) is 6.07. The molecule has 3 nitrogen and oxygen atoms in total. The molecule has 0 saturated carbocycles. The van der Waals surface area contributed by atoms with Crippen LogP contribution < -0.4 is 5.32 Å². The molecule has 1 aromatic carbocycles. The molecule has 0 aliphatic rings. The molecule has 0 spiro atoms. The first-order valence-corrected chi connectivity index (χ1v) is 6.91. The number of rotatable bonds is 3. The summed E-state index contributed by atoms with van der Waals surface area (Å²) in [5, 5.41) is 7.73. The molecule has 0 fully saturated rings. The molecule has 2 aromatic rings. The maximum atomic E-state index is 13.3. The van der Waals surface area contributed by atoms with E-state index in [0.29, 0.717) is 0 Å². The van der Waals surface area contributed by atoms with Crippen molar-refractivity contribution in [3.05, 3.63) is 45.4 Å². The van der Waals surface area contributed by atoms with Crippen LogP contribution in [0, 0.1) is 19.7 Å². The Morgan fingerprint density at radius 1 is 1.37 bits per heavy atom. The van der Waals surface area contributed by atoms with Crippen LogP contribution in [-0.4, -0.2) is 9.78 Å². The van der Waals surface area contributed by atoms with E-state index in [2.05, 4.69) is 26.3 Å². The smallest absolute Gasteiger partial charge is 0.125 e. The van der Waals surface area contributed by atoms with Crippen molar-refractivity contribution in [3.63, 3.8) is 0 Å². The second kappa shape index (κ2) is 5.33. The zero-order valence-corrected chi connectivity index (χ0v) is 13.0. The lowest BCUT2D eigenvalue weighted by molar-refractivity contribution is 0.627. The van der Waals surface area contributed by atoms with E-state index >= 15 is 0 Å². The van der Waals surface area contributed by atoms with Gasteiger partial charge in [0.25, 0.3) is 0 Å². The fourth-order valence-electron chi connectivity index (χ4n) is 2.33. The number of benzene rings is 1. The van der Waals surface area contributed by atoms with Crippen LogP contribution in [0.2, 0.25) is 0 Å². The van der Waals surface area contributed by atoms with E-state index in [1.165, 1.54) is 12.1 Å². The van der Waals surface area contributed by atoms with Crippen molar-refractivity contribution in [2.24, 2.45) is 7.05 Å². The van der Waals surface area contributed by atoms with Gasteiger partial charge in [-0.05, 0) is 54.9 Å². The molecule has 5 heteroatoms. The highest BCUT2D eigenvalue weighted by molar-refractivity contribution is 9.10. The standard InChI is InChI=1S/C14H17BrFN3/c1-8(14-9(2)18-19(4)10(14)3)17-13-7-11(16)5-6-12(13)15/h5-8,17H,1-4H3. The maximum Gasteiger partial charge on any atom is 0.125 e. The van der Waals surface area contributed by atoms with Gasteiger partial charge in [0.2, 0.25) is 0 Å². The third kappa shape index (κ3) is 2.81.